The Morgan fingerprint density at radius 3 is 1.87 bits per heavy atom. The second-order valence-electron chi connectivity index (χ2n) is 7.98. The number of hydrogen-bond acceptors (Lipinski definition) is 4. The van der Waals surface area contributed by atoms with E-state index in [0.29, 0.717) is 29.2 Å². The van der Waals surface area contributed by atoms with Crippen LogP contribution in [-0.4, -0.2) is 30.1 Å². The summed E-state index contributed by atoms with van der Waals surface area (Å²) in [6.07, 6.45) is 0.526. The third-order valence-electron chi connectivity index (χ3n) is 4.03. The van der Waals surface area contributed by atoms with E-state index in [0.717, 1.165) is 5.56 Å². The molecule has 2 aromatic carbocycles. The van der Waals surface area contributed by atoms with E-state index in [2.05, 4.69) is 16.0 Å². The van der Waals surface area contributed by atoms with E-state index in [9.17, 15) is 14.4 Å². The maximum atomic E-state index is 12.1. The summed E-state index contributed by atoms with van der Waals surface area (Å²) in [7, 11) is 0. The molecule has 0 fully saturated rings. The highest BCUT2D eigenvalue weighted by molar-refractivity contribution is 6.30. The average Bonchev–Trinajstić information content (AvgIpc) is 2.67. The smallest absolute Gasteiger partial charge is 0.407 e. The van der Waals surface area contributed by atoms with Crippen molar-refractivity contribution in [3.05, 3.63) is 59.1 Å². The predicted octanol–water partition coefficient (Wildman–Crippen LogP) is 4.76. The molecule has 0 saturated carbocycles. The topological polar surface area (TPSA) is 96.5 Å². The molecular formula is C23H28ClN3O4. The number of nitrogens with one attached hydrogen (secondary N) is 3. The van der Waals surface area contributed by atoms with E-state index < -0.39 is 11.7 Å². The molecule has 166 valence electrons. The van der Waals surface area contributed by atoms with Crippen LogP contribution in [-0.2, 0) is 20.7 Å². The van der Waals surface area contributed by atoms with Crippen LogP contribution in [0.1, 0.15) is 39.2 Å². The van der Waals surface area contributed by atoms with Gasteiger partial charge in [-0.3, -0.25) is 9.59 Å². The molecule has 3 amide bonds. The summed E-state index contributed by atoms with van der Waals surface area (Å²) in [5.41, 5.74) is 1.70. The molecule has 7 nitrogen and oxygen atoms in total. The minimum Gasteiger partial charge on any atom is -0.444 e. The maximum absolute atomic E-state index is 12.1. The van der Waals surface area contributed by atoms with Crippen LogP contribution in [0.2, 0.25) is 5.02 Å². The highest BCUT2D eigenvalue weighted by Gasteiger charge is 2.15. The Bertz CT molecular complexity index is 891. The van der Waals surface area contributed by atoms with Crippen molar-refractivity contribution < 1.29 is 19.1 Å². The molecular weight excluding hydrogens is 418 g/mol. The van der Waals surface area contributed by atoms with Crippen LogP contribution in [0.25, 0.3) is 0 Å². The number of benzene rings is 2. The molecule has 0 atom stereocenters. The van der Waals surface area contributed by atoms with E-state index in [4.69, 9.17) is 16.3 Å². The second-order valence-corrected chi connectivity index (χ2v) is 8.42. The third-order valence-corrected chi connectivity index (χ3v) is 4.28. The van der Waals surface area contributed by atoms with Crippen molar-refractivity contribution in [3.8, 4) is 0 Å². The van der Waals surface area contributed by atoms with Crippen molar-refractivity contribution in [1.82, 2.24) is 5.32 Å². The van der Waals surface area contributed by atoms with Crippen molar-refractivity contribution >= 4 is 40.9 Å². The highest BCUT2D eigenvalue weighted by atomic mass is 35.5. The Hall–Kier alpha value is -3.06. The number of rotatable bonds is 8. The Labute approximate surface area is 187 Å². The SMILES string of the molecule is CC(C)(C)OC(=O)NCCC(=O)Nc1ccc(NC(=O)CCc2ccc(Cl)cc2)cc1. The lowest BCUT2D eigenvalue weighted by Crippen LogP contribution is -2.34. The first kappa shape index (κ1) is 24.2. The monoisotopic (exact) mass is 445 g/mol. The first-order chi connectivity index (χ1) is 14.6. The van der Waals surface area contributed by atoms with Crippen molar-refractivity contribution in [1.29, 1.82) is 0 Å². The van der Waals surface area contributed by atoms with E-state index >= 15 is 0 Å². The van der Waals surface area contributed by atoms with Gasteiger partial charge >= 0.3 is 6.09 Å². The summed E-state index contributed by atoms with van der Waals surface area (Å²) < 4.78 is 5.11. The highest BCUT2D eigenvalue weighted by Crippen LogP contribution is 2.15. The van der Waals surface area contributed by atoms with Gasteiger partial charge < -0.3 is 20.7 Å². The second kappa shape index (κ2) is 11.4. The van der Waals surface area contributed by atoms with Gasteiger partial charge in [0.05, 0.1) is 0 Å². The summed E-state index contributed by atoms with van der Waals surface area (Å²) in [6.45, 7) is 5.48. The van der Waals surface area contributed by atoms with Crippen molar-refractivity contribution in [2.75, 3.05) is 17.2 Å². The lowest BCUT2D eigenvalue weighted by Gasteiger charge is -2.19. The molecule has 0 aliphatic rings. The lowest BCUT2D eigenvalue weighted by atomic mass is 10.1. The van der Waals surface area contributed by atoms with Crippen LogP contribution in [0.15, 0.2) is 48.5 Å². The van der Waals surface area contributed by atoms with Gasteiger partial charge in [0.1, 0.15) is 5.60 Å². The molecule has 0 spiro atoms. The number of halogens is 1. The molecule has 0 bridgehead atoms. The average molecular weight is 446 g/mol. The number of carbonyl (C=O) groups is 3. The van der Waals surface area contributed by atoms with Gasteiger partial charge in [-0.1, -0.05) is 23.7 Å². The quantitative estimate of drug-likeness (QED) is 0.545. The fourth-order valence-electron chi connectivity index (χ4n) is 2.59. The van der Waals surface area contributed by atoms with Crippen LogP contribution >= 0.6 is 11.6 Å². The van der Waals surface area contributed by atoms with Gasteiger partial charge in [0.2, 0.25) is 11.8 Å². The van der Waals surface area contributed by atoms with Gasteiger partial charge in [-0.05, 0) is 69.2 Å². The van der Waals surface area contributed by atoms with Gasteiger partial charge in [0.15, 0.2) is 0 Å². The van der Waals surface area contributed by atoms with Gasteiger partial charge in [-0.25, -0.2) is 4.79 Å². The van der Waals surface area contributed by atoms with Crippen LogP contribution in [0.3, 0.4) is 0 Å². The standard InChI is InChI=1S/C23H28ClN3O4/c1-23(2,3)31-22(30)25-15-14-21(29)27-19-11-9-18(10-12-19)26-20(28)13-6-16-4-7-17(24)8-5-16/h4-5,7-12H,6,13-15H2,1-3H3,(H,25,30)(H,26,28)(H,27,29). The Kier molecular flexibility index (Phi) is 8.88. The zero-order chi connectivity index (χ0) is 22.9. The van der Waals surface area contributed by atoms with Gasteiger partial charge in [0.25, 0.3) is 0 Å². The van der Waals surface area contributed by atoms with E-state index in [1.807, 2.05) is 12.1 Å². The molecule has 0 radical (unpaired) electrons. The first-order valence-electron chi connectivity index (χ1n) is 10.0. The van der Waals surface area contributed by atoms with E-state index in [1.165, 1.54) is 0 Å². The molecule has 2 rings (SSSR count). The van der Waals surface area contributed by atoms with Gasteiger partial charge in [0, 0.05) is 35.8 Å². The van der Waals surface area contributed by atoms with Crippen molar-refractivity contribution in [2.45, 2.75) is 45.6 Å². The third kappa shape index (κ3) is 10.00. The van der Waals surface area contributed by atoms with Crippen LogP contribution in [0, 0.1) is 0 Å². The molecule has 0 aliphatic heterocycles. The van der Waals surface area contributed by atoms with Crippen LogP contribution < -0.4 is 16.0 Å². The molecule has 0 saturated heterocycles. The molecule has 0 unspecified atom stereocenters. The minimum absolute atomic E-state index is 0.0973. The minimum atomic E-state index is -0.584. The number of carbonyl (C=O) groups excluding carboxylic acids is 3. The molecule has 3 N–H and O–H groups in total. The molecule has 2 aromatic rings. The molecule has 0 aromatic heterocycles. The zero-order valence-electron chi connectivity index (χ0n) is 18.0. The van der Waals surface area contributed by atoms with Gasteiger partial charge in [-0.2, -0.15) is 0 Å². The number of aryl methyl sites for hydroxylation is 1. The summed E-state index contributed by atoms with van der Waals surface area (Å²) in [4.78, 5) is 35.7. The largest absolute Gasteiger partial charge is 0.444 e. The molecule has 8 heteroatoms. The first-order valence-corrected chi connectivity index (χ1v) is 10.4. The number of hydrogen-bond donors (Lipinski definition) is 3. The molecule has 0 heterocycles. The number of amides is 3. The van der Waals surface area contributed by atoms with Crippen molar-refractivity contribution in [3.63, 3.8) is 0 Å². The number of alkyl carbamates (subject to hydrolysis) is 1. The summed E-state index contributed by atoms with van der Waals surface area (Å²) in [5.74, 6) is -0.337. The fraction of sp³-hybridized carbons (Fsp3) is 0.348. The Morgan fingerprint density at radius 2 is 1.35 bits per heavy atom. The Morgan fingerprint density at radius 1 is 0.839 bits per heavy atom. The van der Waals surface area contributed by atoms with Crippen molar-refractivity contribution in [2.24, 2.45) is 0 Å². The number of ether oxygens (including phenoxy) is 1. The maximum Gasteiger partial charge on any atom is 0.407 e. The zero-order valence-corrected chi connectivity index (χ0v) is 18.7. The molecule has 31 heavy (non-hydrogen) atoms. The number of anilines is 2. The van der Waals surface area contributed by atoms with E-state index in [-0.39, 0.29) is 24.8 Å². The summed E-state index contributed by atoms with van der Waals surface area (Å²) in [5, 5.41) is 8.77. The lowest BCUT2D eigenvalue weighted by molar-refractivity contribution is -0.117. The normalized spacial score (nSPS) is 10.8. The van der Waals surface area contributed by atoms with Crippen LogP contribution in [0.5, 0.6) is 0 Å². The molecule has 0 aliphatic carbocycles. The summed E-state index contributed by atoms with van der Waals surface area (Å²) in [6, 6.07) is 14.2. The fourth-order valence-corrected chi connectivity index (χ4v) is 2.71. The van der Waals surface area contributed by atoms with E-state index in [1.54, 1.807) is 57.2 Å². The predicted molar refractivity (Wildman–Crippen MR) is 122 cm³/mol. The summed E-state index contributed by atoms with van der Waals surface area (Å²) >= 11 is 5.86. The Balaban J connectivity index is 1.70. The van der Waals surface area contributed by atoms with Gasteiger partial charge in [-0.15, -0.1) is 0 Å². The van der Waals surface area contributed by atoms with Crippen LogP contribution in [0.4, 0.5) is 16.2 Å².